The molecule has 0 bridgehead atoms. The van der Waals surface area contributed by atoms with Gasteiger partial charge in [0.2, 0.25) is 0 Å². The van der Waals surface area contributed by atoms with E-state index in [2.05, 4.69) is 5.32 Å². The highest BCUT2D eigenvalue weighted by molar-refractivity contribution is 5.89. The number of carbonyl (C=O) groups is 2. The molecule has 5 nitrogen and oxygen atoms in total. The summed E-state index contributed by atoms with van der Waals surface area (Å²) in [6.07, 6.45) is 0.329. The van der Waals surface area contributed by atoms with Crippen LogP contribution >= 0.6 is 0 Å². The number of Topliss-reactive ketones (excluding diaryl/α,β-unsaturated/α-hetero) is 1. The first-order valence-electron chi connectivity index (χ1n) is 6.15. The van der Waals surface area contributed by atoms with Gasteiger partial charge in [0, 0.05) is 18.0 Å². The van der Waals surface area contributed by atoms with Crippen molar-refractivity contribution in [3.63, 3.8) is 0 Å². The van der Waals surface area contributed by atoms with Gasteiger partial charge in [-0.1, -0.05) is 13.8 Å². The highest BCUT2D eigenvalue weighted by Gasteiger charge is 2.28. The standard InChI is InChI=1S/C14H19NO4/c1-4-12(16)9(2)13(14(17)18)15-10-5-7-11(19-3)8-6-10/h5-9,13,15H,4H2,1-3H3,(H,17,18)/t9-,13+/m1/s1. The molecule has 0 saturated carbocycles. The van der Waals surface area contributed by atoms with Crippen LogP contribution in [0.25, 0.3) is 0 Å². The molecule has 19 heavy (non-hydrogen) atoms. The van der Waals surface area contributed by atoms with E-state index in [-0.39, 0.29) is 5.78 Å². The van der Waals surface area contributed by atoms with Gasteiger partial charge in [-0.05, 0) is 24.3 Å². The molecule has 0 amide bonds. The van der Waals surface area contributed by atoms with Gasteiger partial charge in [-0.25, -0.2) is 4.79 Å². The zero-order chi connectivity index (χ0) is 14.4. The number of nitrogens with one attached hydrogen (secondary N) is 1. The van der Waals surface area contributed by atoms with Gasteiger partial charge in [-0.2, -0.15) is 0 Å². The number of carboxylic acid groups (broad SMARTS) is 1. The van der Waals surface area contributed by atoms with Gasteiger partial charge in [0.15, 0.2) is 0 Å². The second-order valence-electron chi connectivity index (χ2n) is 4.30. The zero-order valence-corrected chi connectivity index (χ0v) is 11.3. The Morgan fingerprint density at radius 3 is 2.32 bits per heavy atom. The molecule has 0 spiro atoms. The number of ketones is 1. The minimum absolute atomic E-state index is 0.0755. The van der Waals surface area contributed by atoms with Crippen molar-refractivity contribution in [2.45, 2.75) is 26.3 Å². The second-order valence-corrected chi connectivity index (χ2v) is 4.30. The molecule has 0 radical (unpaired) electrons. The minimum atomic E-state index is -1.04. The number of rotatable bonds is 7. The molecule has 0 unspecified atom stereocenters. The number of hydrogen-bond acceptors (Lipinski definition) is 4. The van der Waals surface area contributed by atoms with Crippen LogP contribution in [0.5, 0.6) is 5.75 Å². The third kappa shape index (κ3) is 3.98. The molecule has 104 valence electrons. The maximum Gasteiger partial charge on any atom is 0.326 e. The monoisotopic (exact) mass is 265 g/mol. The molecule has 0 fully saturated rings. The average molecular weight is 265 g/mol. The predicted molar refractivity (Wildman–Crippen MR) is 72.5 cm³/mol. The lowest BCUT2D eigenvalue weighted by Gasteiger charge is -2.21. The Labute approximate surface area is 112 Å². The van der Waals surface area contributed by atoms with E-state index < -0.39 is 17.9 Å². The first kappa shape index (κ1) is 15.0. The SMILES string of the molecule is CCC(=O)[C@@H](C)[C@H](Nc1ccc(OC)cc1)C(=O)O. The summed E-state index contributed by atoms with van der Waals surface area (Å²) >= 11 is 0. The van der Waals surface area contributed by atoms with Crippen LogP contribution < -0.4 is 10.1 Å². The third-order valence-electron chi connectivity index (χ3n) is 3.03. The number of ether oxygens (including phenoxy) is 1. The Bertz CT molecular complexity index is 441. The molecule has 0 saturated heterocycles. The Balaban J connectivity index is 2.83. The minimum Gasteiger partial charge on any atom is -0.497 e. The van der Waals surface area contributed by atoms with Crippen LogP contribution in [0.3, 0.4) is 0 Å². The van der Waals surface area contributed by atoms with Crippen LogP contribution in [0, 0.1) is 5.92 Å². The van der Waals surface area contributed by atoms with Crippen LogP contribution in [0.15, 0.2) is 24.3 Å². The highest BCUT2D eigenvalue weighted by Crippen LogP contribution is 2.18. The Morgan fingerprint density at radius 1 is 1.32 bits per heavy atom. The fourth-order valence-corrected chi connectivity index (χ4v) is 1.78. The first-order valence-corrected chi connectivity index (χ1v) is 6.15. The van der Waals surface area contributed by atoms with Gasteiger partial charge >= 0.3 is 5.97 Å². The van der Waals surface area contributed by atoms with Crippen LogP contribution in [-0.4, -0.2) is 30.0 Å². The van der Waals surface area contributed by atoms with Crippen molar-refractivity contribution in [2.24, 2.45) is 5.92 Å². The number of carbonyl (C=O) groups excluding carboxylic acids is 1. The number of carboxylic acids is 1. The van der Waals surface area contributed by atoms with Gasteiger partial charge in [0.25, 0.3) is 0 Å². The maximum atomic E-state index is 11.6. The molecular formula is C14H19NO4. The fraction of sp³-hybridized carbons (Fsp3) is 0.429. The van der Waals surface area contributed by atoms with E-state index in [1.165, 1.54) is 0 Å². The Kier molecular flexibility index (Phi) is 5.36. The normalized spacial score (nSPS) is 13.4. The molecule has 2 atom stereocenters. The predicted octanol–water partition coefficient (Wildman–Crippen LogP) is 2.18. The topological polar surface area (TPSA) is 75.6 Å². The van der Waals surface area contributed by atoms with Gasteiger partial charge in [-0.3, -0.25) is 4.79 Å². The van der Waals surface area contributed by atoms with Crippen LogP contribution in [-0.2, 0) is 9.59 Å². The molecular weight excluding hydrogens is 246 g/mol. The smallest absolute Gasteiger partial charge is 0.326 e. The van der Waals surface area contributed by atoms with E-state index in [0.29, 0.717) is 17.9 Å². The summed E-state index contributed by atoms with van der Waals surface area (Å²) in [5.74, 6) is -1.00. The number of anilines is 1. The van der Waals surface area contributed by atoms with Crippen LogP contribution in [0.2, 0.25) is 0 Å². The van der Waals surface area contributed by atoms with E-state index in [1.807, 2.05) is 0 Å². The largest absolute Gasteiger partial charge is 0.497 e. The van der Waals surface area contributed by atoms with E-state index in [9.17, 15) is 14.7 Å². The fourth-order valence-electron chi connectivity index (χ4n) is 1.78. The van der Waals surface area contributed by atoms with E-state index in [0.717, 1.165) is 0 Å². The molecule has 1 aromatic carbocycles. The molecule has 5 heteroatoms. The molecule has 0 aliphatic rings. The van der Waals surface area contributed by atoms with E-state index >= 15 is 0 Å². The summed E-state index contributed by atoms with van der Waals surface area (Å²) in [7, 11) is 1.56. The van der Waals surface area contributed by atoms with Crippen molar-refractivity contribution in [3.05, 3.63) is 24.3 Å². The molecule has 1 aromatic rings. The van der Waals surface area contributed by atoms with Crippen molar-refractivity contribution < 1.29 is 19.4 Å². The van der Waals surface area contributed by atoms with E-state index in [1.54, 1.807) is 45.2 Å². The van der Waals surface area contributed by atoms with Crippen molar-refractivity contribution in [2.75, 3.05) is 12.4 Å². The molecule has 2 N–H and O–H groups in total. The lowest BCUT2D eigenvalue weighted by molar-refractivity contribution is -0.141. The maximum absolute atomic E-state index is 11.6. The van der Waals surface area contributed by atoms with Gasteiger partial charge < -0.3 is 15.2 Å². The van der Waals surface area contributed by atoms with Gasteiger partial charge in [0.1, 0.15) is 17.6 Å². The highest BCUT2D eigenvalue weighted by atomic mass is 16.5. The van der Waals surface area contributed by atoms with Crippen molar-refractivity contribution in [1.29, 1.82) is 0 Å². The molecule has 0 aromatic heterocycles. The zero-order valence-electron chi connectivity index (χ0n) is 11.3. The summed E-state index contributed by atoms with van der Waals surface area (Å²) in [6.45, 7) is 3.35. The summed E-state index contributed by atoms with van der Waals surface area (Å²) in [4.78, 5) is 22.9. The molecule has 0 aliphatic carbocycles. The Morgan fingerprint density at radius 2 is 1.89 bits per heavy atom. The third-order valence-corrected chi connectivity index (χ3v) is 3.03. The first-order chi connectivity index (χ1) is 8.99. The number of hydrogen-bond donors (Lipinski definition) is 2. The number of methoxy groups -OCH3 is 1. The lowest BCUT2D eigenvalue weighted by atomic mass is 9.95. The van der Waals surface area contributed by atoms with Crippen molar-refractivity contribution in [3.8, 4) is 5.75 Å². The van der Waals surface area contributed by atoms with Crippen LogP contribution in [0.4, 0.5) is 5.69 Å². The molecule has 0 heterocycles. The molecule has 1 rings (SSSR count). The summed E-state index contributed by atoms with van der Waals surface area (Å²) in [5.41, 5.74) is 0.643. The summed E-state index contributed by atoms with van der Waals surface area (Å²) in [5, 5.41) is 12.1. The Hall–Kier alpha value is -2.04. The summed E-state index contributed by atoms with van der Waals surface area (Å²) < 4.78 is 5.03. The lowest BCUT2D eigenvalue weighted by Crippen LogP contribution is -2.39. The molecule has 0 aliphatic heterocycles. The van der Waals surface area contributed by atoms with Crippen molar-refractivity contribution in [1.82, 2.24) is 0 Å². The number of benzene rings is 1. The van der Waals surface area contributed by atoms with Gasteiger partial charge in [0.05, 0.1) is 7.11 Å². The van der Waals surface area contributed by atoms with Gasteiger partial charge in [-0.15, -0.1) is 0 Å². The van der Waals surface area contributed by atoms with Crippen molar-refractivity contribution >= 4 is 17.4 Å². The average Bonchev–Trinajstić information content (AvgIpc) is 2.43. The van der Waals surface area contributed by atoms with Crippen LogP contribution in [0.1, 0.15) is 20.3 Å². The number of aliphatic carboxylic acids is 1. The summed E-state index contributed by atoms with van der Waals surface area (Å²) in [6, 6.07) is 5.97. The second kappa shape index (κ2) is 6.78. The van der Waals surface area contributed by atoms with E-state index in [4.69, 9.17) is 4.74 Å². The quantitative estimate of drug-likeness (QED) is 0.790.